The quantitative estimate of drug-likeness (QED) is 0.237. The minimum atomic E-state index is -3.79. The van der Waals surface area contributed by atoms with Crippen molar-refractivity contribution in [1.29, 1.82) is 0 Å². The molecule has 40 heavy (non-hydrogen) atoms. The van der Waals surface area contributed by atoms with E-state index >= 15 is 0 Å². The molecule has 1 aliphatic heterocycles. The molecule has 0 radical (unpaired) electrons. The zero-order valence-corrected chi connectivity index (χ0v) is 21.6. The van der Waals surface area contributed by atoms with E-state index in [1.807, 2.05) is 4.90 Å². The van der Waals surface area contributed by atoms with E-state index in [1.54, 1.807) is 36.4 Å². The SMILES string of the molecule is O=C(Nc1ccc(-c2ccc(OC(F)(F)Cl)cc2)cc1)c1cnc(N2CC[C@@H](O)C2)c(NC(=O)c2ccoc2)c1. The molecule has 3 heterocycles. The molecule has 2 aromatic carbocycles. The van der Waals surface area contributed by atoms with E-state index in [-0.39, 0.29) is 11.3 Å². The molecule has 1 fully saturated rings. The van der Waals surface area contributed by atoms with Crippen LogP contribution in [0, 0.1) is 0 Å². The lowest BCUT2D eigenvalue weighted by molar-refractivity contribution is -0.0964. The molecular weight excluding hydrogens is 546 g/mol. The Balaban J connectivity index is 1.31. The normalized spacial score (nSPS) is 15.1. The number of amides is 2. The van der Waals surface area contributed by atoms with Crippen molar-refractivity contribution in [2.75, 3.05) is 28.6 Å². The van der Waals surface area contributed by atoms with E-state index in [9.17, 15) is 23.5 Å². The molecule has 4 aromatic rings. The molecule has 0 spiro atoms. The van der Waals surface area contributed by atoms with Gasteiger partial charge in [0.25, 0.3) is 11.8 Å². The number of furan rings is 1. The third-order valence-electron chi connectivity index (χ3n) is 6.19. The van der Waals surface area contributed by atoms with Crippen LogP contribution in [0.3, 0.4) is 0 Å². The van der Waals surface area contributed by atoms with Gasteiger partial charge in [-0.05, 0) is 53.9 Å². The fourth-order valence-electron chi connectivity index (χ4n) is 4.25. The predicted molar refractivity (Wildman–Crippen MR) is 145 cm³/mol. The van der Waals surface area contributed by atoms with Gasteiger partial charge in [-0.2, -0.15) is 0 Å². The van der Waals surface area contributed by atoms with Crippen LogP contribution in [-0.2, 0) is 0 Å². The van der Waals surface area contributed by atoms with Gasteiger partial charge >= 0.3 is 5.57 Å². The molecule has 206 valence electrons. The van der Waals surface area contributed by atoms with Gasteiger partial charge in [0, 0.05) is 36.6 Å². The average molecular weight is 569 g/mol. The van der Waals surface area contributed by atoms with Crippen LogP contribution in [0.2, 0.25) is 0 Å². The highest BCUT2D eigenvalue weighted by Gasteiger charge is 2.27. The number of aliphatic hydroxyl groups excluding tert-OH is 1. The minimum absolute atomic E-state index is 0.0755. The van der Waals surface area contributed by atoms with Crippen molar-refractivity contribution >= 4 is 40.6 Å². The number of nitrogens with zero attached hydrogens (tertiary/aromatic N) is 2. The molecule has 0 aliphatic carbocycles. The number of alkyl halides is 3. The van der Waals surface area contributed by atoms with Crippen molar-refractivity contribution in [3.8, 4) is 16.9 Å². The first kappa shape index (κ1) is 27.1. The molecule has 0 bridgehead atoms. The molecule has 1 saturated heterocycles. The smallest absolute Gasteiger partial charge is 0.472 e. The van der Waals surface area contributed by atoms with Gasteiger partial charge in [0.05, 0.1) is 29.2 Å². The fraction of sp³-hybridized carbons (Fsp3) is 0.179. The van der Waals surface area contributed by atoms with Crippen LogP contribution >= 0.6 is 11.6 Å². The number of β-amino-alcohol motifs (C(OH)–C–C–N with tert-alkyl or cyclic N) is 1. The summed E-state index contributed by atoms with van der Waals surface area (Å²) < 4.78 is 34.9. The second kappa shape index (κ2) is 11.3. The van der Waals surface area contributed by atoms with E-state index < -0.39 is 23.5 Å². The second-order valence-electron chi connectivity index (χ2n) is 9.05. The molecule has 0 saturated carbocycles. The third-order valence-corrected chi connectivity index (χ3v) is 6.26. The zero-order valence-electron chi connectivity index (χ0n) is 20.8. The number of ether oxygens (including phenoxy) is 1. The number of hydrogen-bond donors (Lipinski definition) is 3. The zero-order chi connectivity index (χ0) is 28.3. The summed E-state index contributed by atoms with van der Waals surface area (Å²) in [5.41, 5.74) is -0.921. The van der Waals surface area contributed by atoms with Crippen molar-refractivity contribution in [3.63, 3.8) is 0 Å². The number of carbonyl (C=O) groups excluding carboxylic acids is 2. The highest BCUT2D eigenvalue weighted by Crippen LogP contribution is 2.30. The van der Waals surface area contributed by atoms with Gasteiger partial charge in [-0.25, -0.2) is 4.98 Å². The number of aliphatic hydroxyl groups is 1. The van der Waals surface area contributed by atoms with E-state index in [4.69, 9.17) is 16.0 Å². The predicted octanol–water partition coefficient (Wildman–Crippen LogP) is 5.59. The molecule has 3 N–H and O–H groups in total. The van der Waals surface area contributed by atoms with Crippen molar-refractivity contribution in [3.05, 3.63) is 90.5 Å². The molecule has 2 aromatic heterocycles. The Morgan fingerprint density at radius 1 is 1.02 bits per heavy atom. The third kappa shape index (κ3) is 6.56. The summed E-state index contributed by atoms with van der Waals surface area (Å²) in [4.78, 5) is 32.0. The van der Waals surface area contributed by atoms with Crippen LogP contribution in [0.15, 0.2) is 83.8 Å². The fourth-order valence-corrected chi connectivity index (χ4v) is 4.34. The van der Waals surface area contributed by atoms with Gasteiger partial charge in [-0.1, -0.05) is 24.3 Å². The summed E-state index contributed by atoms with van der Waals surface area (Å²) in [6.45, 7) is 0.907. The highest BCUT2D eigenvalue weighted by molar-refractivity contribution is 6.20. The highest BCUT2D eigenvalue weighted by atomic mass is 35.5. The summed E-state index contributed by atoms with van der Waals surface area (Å²) >= 11 is 4.79. The van der Waals surface area contributed by atoms with E-state index in [1.165, 1.54) is 43.0 Å². The molecule has 9 nitrogen and oxygen atoms in total. The van der Waals surface area contributed by atoms with Crippen LogP contribution in [-0.4, -0.2) is 46.7 Å². The number of nitrogens with one attached hydrogen (secondary N) is 2. The number of benzene rings is 2. The van der Waals surface area contributed by atoms with E-state index in [0.29, 0.717) is 42.3 Å². The van der Waals surface area contributed by atoms with E-state index in [0.717, 1.165) is 11.1 Å². The maximum Gasteiger partial charge on any atom is 0.487 e. The Labute approximate surface area is 232 Å². The molecule has 1 atom stereocenters. The topological polar surface area (TPSA) is 117 Å². The summed E-state index contributed by atoms with van der Waals surface area (Å²) in [5, 5.41) is 15.5. The van der Waals surface area contributed by atoms with Gasteiger partial charge in [-0.15, -0.1) is 8.78 Å². The van der Waals surface area contributed by atoms with E-state index in [2.05, 4.69) is 20.4 Å². The number of rotatable bonds is 8. The lowest BCUT2D eigenvalue weighted by atomic mass is 10.1. The number of anilines is 3. The molecule has 12 heteroatoms. The van der Waals surface area contributed by atoms with Gasteiger partial charge in [-0.3, -0.25) is 9.59 Å². The van der Waals surface area contributed by atoms with Crippen molar-refractivity contribution in [1.82, 2.24) is 4.98 Å². The molecule has 5 rings (SSSR count). The van der Waals surface area contributed by atoms with Crippen LogP contribution in [0.1, 0.15) is 27.1 Å². The monoisotopic (exact) mass is 568 g/mol. The van der Waals surface area contributed by atoms with Crippen LogP contribution in [0.4, 0.5) is 26.0 Å². The summed E-state index contributed by atoms with van der Waals surface area (Å²) in [5.74, 6) is -0.509. The van der Waals surface area contributed by atoms with Crippen LogP contribution < -0.4 is 20.3 Å². The number of carbonyl (C=O) groups is 2. The van der Waals surface area contributed by atoms with Gasteiger partial charge in [0.15, 0.2) is 5.82 Å². The number of hydrogen-bond acceptors (Lipinski definition) is 7. The van der Waals surface area contributed by atoms with Crippen molar-refractivity contribution in [2.45, 2.75) is 18.1 Å². The largest absolute Gasteiger partial charge is 0.487 e. The molecular formula is C28H23ClF2N4O5. The Morgan fingerprint density at radius 3 is 2.30 bits per heavy atom. The molecule has 0 unspecified atom stereocenters. The number of aromatic nitrogens is 1. The average Bonchev–Trinajstić information content (AvgIpc) is 3.61. The number of halogens is 3. The maximum absolute atomic E-state index is 13.1. The first-order valence-electron chi connectivity index (χ1n) is 12.2. The van der Waals surface area contributed by atoms with Gasteiger partial charge in [0.2, 0.25) is 0 Å². The Bertz CT molecular complexity index is 1490. The maximum atomic E-state index is 13.1. The first-order valence-corrected chi connectivity index (χ1v) is 12.6. The van der Waals surface area contributed by atoms with Crippen LogP contribution in [0.5, 0.6) is 5.75 Å². The summed E-state index contributed by atoms with van der Waals surface area (Å²) in [6.07, 6.45) is 4.16. The van der Waals surface area contributed by atoms with Crippen LogP contribution in [0.25, 0.3) is 11.1 Å². The minimum Gasteiger partial charge on any atom is -0.472 e. The molecule has 2 amide bonds. The summed E-state index contributed by atoms with van der Waals surface area (Å²) in [7, 11) is 0. The Kier molecular flexibility index (Phi) is 7.67. The number of pyridine rings is 1. The standard InChI is InChI=1S/C28H23ClF2N4O5/c29-28(30,31)40-23-7-3-18(4-8-23)17-1-5-21(6-2-17)33-27(38)20-13-24(34-26(37)19-10-12-39-16-19)25(32-14-20)35-11-9-22(36)15-35/h1-8,10,12-14,16,22,36H,9,11,15H2,(H,33,38)(H,34,37)/t22-/m1/s1. The first-order chi connectivity index (χ1) is 19.1. The lowest BCUT2D eigenvalue weighted by Crippen LogP contribution is -2.25. The second-order valence-corrected chi connectivity index (χ2v) is 9.49. The molecule has 1 aliphatic rings. The van der Waals surface area contributed by atoms with Crippen molar-refractivity contribution < 1.29 is 32.6 Å². The Morgan fingerprint density at radius 2 is 1.70 bits per heavy atom. The lowest BCUT2D eigenvalue weighted by Gasteiger charge is -2.21. The van der Waals surface area contributed by atoms with Crippen molar-refractivity contribution in [2.24, 2.45) is 0 Å². The Hall–Kier alpha value is -4.48. The summed E-state index contributed by atoms with van der Waals surface area (Å²) in [6, 6.07) is 15.9. The van der Waals surface area contributed by atoms with Gasteiger partial charge in [0.1, 0.15) is 12.0 Å². The van der Waals surface area contributed by atoms with Gasteiger partial charge < -0.3 is 29.8 Å².